The van der Waals surface area contributed by atoms with Crippen molar-refractivity contribution in [3.63, 3.8) is 0 Å². The number of likely N-dealkylation sites (tertiary alicyclic amines) is 1. The monoisotopic (exact) mass is 267 g/mol. The van der Waals surface area contributed by atoms with Crippen molar-refractivity contribution in [1.82, 2.24) is 4.90 Å². The lowest BCUT2D eigenvalue weighted by Gasteiger charge is -2.40. The fourth-order valence-electron chi connectivity index (χ4n) is 2.75. The molecule has 3 atom stereocenters. The summed E-state index contributed by atoms with van der Waals surface area (Å²) in [5.41, 5.74) is -0.352. The number of hydrogen-bond acceptors (Lipinski definition) is 3. The Kier molecular flexibility index (Phi) is 6.32. The van der Waals surface area contributed by atoms with Crippen LogP contribution in [-0.4, -0.2) is 46.9 Å². The number of piperidine rings is 1. The number of ether oxygens (including phenoxy) is 1. The van der Waals surface area contributed by atoms with Gasteiger partial charge in [-0.1, -0.05) is 6.42 Å². The number of hydrogen-bond donors (Lipinski definition) is 1. The Morgan fingerprint density at radius 2 is 1.95 bits per heavy atom. The van der Waals surface area contributed by atoms with E-state index in [0.29, 0.717) is 31.7 Å². The van der Waals surface area contributed by atoms with Crippen LogP contribution in [0.3, 0.4) is 0 Å². The van der Waals surface area contributed by atoms with Crippen LogP contribution < -0.4 is 0 Å². The quantitative estimate of drug-likeness (QED) is 0.750. The predicted molar refractivity (Wildman–Crippen MR) is 79.0 cm³/mol. The Morgan fingerprint density at radius 3 is 2.47 bits per heavy atom. The zero-order chi connectivity index (χ0) is 14.5. The summed E-state index contributed by atoms with van der Waals surface area (Å²) in [5.74, 6) is 2.61. The summed E-state index contributed by atoms with van der Waals surface area (Å²) in [7, 11) is 0. The first-order valence-electron chi connectivity index (χ1n) is 7.37. The molecule has 0 bridgehead atoms. The number of nitrogens with zero attached hydrogens (tertiary/aromatic N) is 1. The van der Waals surface area contributed by atoms with E-state index < -0.39 is 6.10 Å². The van der Waals surface area contributed by atoms with Crippen LogP contribution in [0.1, 0.15) is 53.4 Å². The molecule has 0 saturated carbocycles. The summed E-state index contributed by atoms with van der Waals surface area (Å²) < 4.78 is 5.72. The summed E-state index contributed by atoms with van der Waals surface area (Å²) in [6, 6.07) is 1.11. The number of terminal acetylenes is 1. The van der Waals surface area contributed by atoms with Crippen LogP contribution in [0.2, 0.25) is 0 Å². The maximum atomic E-state index is 10.2. The smallest absolute Gasteiger partial charge is 0.0900 e. The van der Waals surface area contributed by atoms with Gasteiger partial charge in [0.2, 0.25) is 0 Å². The topological polar surface area (TPSA) is 32.7 Å². The average Bonchev–Trinajstić information content (AvgIpc) is 2.32. The molecule has 0 amide bonds. The molecule has 1 N–H and O–H groups in total. The van der Waals surface area contributed by atoms with Crippen LogP contribution in [0.5, 0.6) is 0 Å². The van der Waals surface area contributed by atoms with Crippen molar-refractivity contribution in [3.05, 3.63) is 0 Å². The van der Waals surface area contributed by atoms with Gasteiger partial charge in [-0.15, -0.1) is 12.3 Å². The van der Waals surface area contributed by atoms with Gasteiger partial charge in [0.1, 0.15) is 0 Å². The highest BCUT2D eigenvalue weighted by Crippen LogP contribution is 2.23. The SMILES string of the molecule is C#CCC(C)(C)OC[C@@H](O)CN1[C@H](C)CCC[C@@H]1C. The van der Waals surface area contributed by atoms with Gasteiger partial charge < -0.3 is 9.84 Å². The van der Waals surface area contributed by atoms with Crippen molar-refractivity contribution in [2.75, 3.05) is 13.2 Å². The van der Waals surface area contributed by atoms with Crippen molar-refractivity contribution >= 4 is 0 Å². The molecule has 0 aliphatic carbocycles. The van der Waals surface area contributed by atoms with Gasteiger partial charge in [-0.25, -0.2) is 0 Å². The normalized spacial score (nSPS) is 26.9. The van der Waals surface area contributed by atoms with Crippen molar-refractivity contribution in [2.24, 2.45) is 0 Å². The Bertz CT molecular complexity index is 298. The number of aliphatic hydroxyl groups is 1. The number of aliphatic hydroxyl groups excluding tert-OH is 1. The Hall–Kier alpha value is -0.560. The van der Waals surface area contributed by atoms with Crippen molar-refractivity contribution in [1.29, 1.82) is 0 Å². The summed E-state index contributed by atoms with van der Waals surface area (Å²) in [5, 5.41) is 10.2. The van der Waals surface area contributed by atoms with E-state index in [4.69, 9.17) is 11.2 Å². The molecule has 1 fully saturated rings. The zero-order valence-corrected chi connectivity index (χ0v) is 12.9. The average molecular weight is 267 g/mol. The van der Waals surface area contributed by atoms with Crippen LogP contribution in [0.25, 0.3) is 0 Å². The number of rotatable bonds is 6. The maximum Gasteiger partial charge on any atom is 0.0900 e. The van der Waals surface area contributed by atoms with E-state index in [-0.39, 0.29) is 5.60 Å². The Morgan fingerprint density at radius 1 is 1.37 bits per heavy atom. The molecule has 1 saturated heterocycles. The summed E-state index contributed by atoms with van der Waals surface area (Å²) in [4.78, 5) is 2.39. The first kappa shape index (κ1) is 16.5. The van der Waals surface area contributed by atoms with E-state index in [1.807, 2.05) is 13.8 Å². The molecule has 1 heterocycles. The predicted octanol–water partition coefficient (Wildman–Crippen LogP) is 2.43. The molecule has 1 aliphatic rings. The first-order chi connectivity index (χ1) is 8.85. The first-order valence-corrected chi connectivity index (χ1v) is 7.37. The molecule has 0 aromatic rings. The number of β-amino-alcohol motifs (C(OH)–C–C–N with tert-alkyl or cyclic N) is 1. The van der Waals surface area contributed by atoms with E-state index in [9.17, 15) is 5.11 Å². The molecular formula is C16H29NO2. The second-order valence-electron chi connectivity index (χ2n) is 6.43. The summed E-state index contributed by atoms with van der Waals surface area (Å²) in [6.45, 7) is 9.45. The van der Waals surface area contributed by atoms with Crippen LogP contribution in [0, 0.1) is 12.3 Å². The molecule has 19 heavy (non-hydrogen) atoms. The molecule has 3 heteroatoms. The van der Waals surface area contributed by atoms with Gasteiger partial charge in [0, 0.05) is 25.0 Å². The molecule has 1 rings (SSSR count). The molecule has 3 nitrogen and oxygen atoms in total. The van der Waals surface area contributed by atoms with Crippen molar-refractivity contribution in [3.8, 4) is 12.3 Å². The molecule has 110 valence electrons. The lowest BCUT2D eigenvalue weighted by Crippen LogP contribution is -2.48. The standard InChI is InChI=1S/C16H29NO2/c1-6-10-16(4,5)19-12-15(18)11-17-13(2)8-7-9-14(17)3/h1,13-15,18H,7-12H2,2-5H3/t13-,14+,15-/m0/s1. The summed E-state index contributed by atoms with van der Waals surface area (Å²) >= 11 is 0. The van der Waals surface area contributed by atoms with E-state index in [1.54, 1.807) is 0 Å². The third-order valence-electron chi connectivity index (χ3n) is 3.99. The van der Waals surface area contributed by atoms with Crippen LogP contribution in [0.15, 0.2) is 0 Å². The molecule has 0 aromatic carbocycles. The molecule has 0 unspecified atom stereocenters. The Balaban J connectivity index is 2.38. The minimum Gasteiger partial charge on any atom is -0.389 e. The van der Waals surface area contributed by atoms with Crippen LogP contribution in [0.4, 0.5) is 0 Å². The van der Waals surface area contributed by atoms with Gasteiger partial charge >= 0.3 is 0 Å². The van der Waals surface area contributed by atoms with E-state index in [0.717, 1.165) is 0 Å². The minimum absolute atomic E-state index is 0.352. The minimum atomic E-state index is -0.444. The van der Waals surface area contributed by atoms with Gasteiger partial charge in [-0.3, -0.25) is 4.90 Å². The molecular weight excluding hydrogens is 238 g/mol. The molecule has 0 spiro atoms. The van der Waals surface area contributed by atoms with Crippen molar-refractivity contribution in [2.45, 2.75) is 77.2 Å². The van der Waals surface area contributed by atoms with Gasteiger partial charge in [0.25, 0.3) is 0 Å². The second kappa shape index (κ2) is 7.28. The van der Waals surface area contributed by atoms with Gasteiger partial charge in [0.15, 0.2) is 0 Å². The van der Waals surface area contributed by atoms with Crippen LogP contribution in [-0.2, 0) is 4.74 Å². The molecule has 0 aromatic heterocycles. The van der Waals surface area contributed by atoms with Crippen molar-refractivity contribution < 1.29 is 9.84 Å². The Labute approximate surface area is 118 Å². The fraction of sp³-hybridized carbons (Fsp3) is 0.875. The second-order valence-corrected chi connectivity index (χ2v) is 6.43. The van der Waals surface area contributed by atoms with Gasteiger partial charge in [-0.05, 0) is 40.5 Å². The van der Waals surface area contributed by atoms with Gasteiger partial charge in [-0.2, -0.15) is 0 Å². The maximum absolute atomic E-state index is 10.2. The van der Waals surface area contributed by atoms with E-state index >= 15 is 0 Å². The summed E-state index contributed by atoms with van der Waals surface area (Å²) in [6.07, 6.45) is 9.17. The van der Waals surface area contributed by atoms with E-state index in [1.165, 1.54) is 19.3 Å². The van der Waals surface area contributed by atoms with E-state index in [2.05, 4.69) is 24.7 Å². The van der Waals surface area contributed by atoms with Crippen LogP contribution >= 0.6 is 0 Å². The van der Waals surface area contributed by atoms with Gasteiger partial charge in [0.05, 0.1) is 18.3 Å². The molecule has 1 aliphatic heterocycles. The highest BCUT2D eigenvalue weighted by atomic mass is 16.5. The third kappa shape index (κ3) is 5.52. The highest BCUT2D eigenvalue weighted by Gasteiger charge is 2.27. The largest absolute Gasteiger partial charge is 0.389 e. The third-order valence-corrected chi connectivity index (χ3v) is 3.99. The zero-order valence-electron chi connectivity index (χ0n) is 12.9. The fourth-order valence-corrected chi connectivity index (χ4v) is 2.75. The lowest BCUT2D eigenvalue weighted by atomic mass is 9.97. The molecule has 0 radical (unpaired) electrons. The highest BCUT2D eigenvalue weighted by molar-refractivity contribution is 4.92. The lowest BCUT2D eigenvalue weighted by molar-refractivity contribution is -0.0705.